The van der Waals surface area contributed by atoms with Gasteiger partial charge in [0.2, 0.25) is 0 Å². The van der Waals surface area contributed by atoms with Crippen LogP contribution >= 0.6 is 0 Å². The van der Waals surface area contributed by atoms with E-state index < -0.39 is 5.60 Å². The second-order valence-electron chi connectivity index (χ2n) is 5.86. The number of Topliss-reactive ketones (excluding diaryl/α,β-unsaturated/α-hetero) is 1. The summed E-state index contributed by atoms with van der Waals surface area (Å²) in [5.41, 5.74) is -0.687. The zero-order valence-corrected chi connectivity index (χ0v) is 10.2. The lowest BCUT2D eigenvalue weighted by atomic mass is 9.75. The molecular weight excluding hydrogens is 206 g/mol. The zero-order chi connectivity index (χ0) is 12.0. The van der Waals surface area contributed by atoms with E-state index in [4.69, 9.17) is 4.74 Å². The summed E-state index contributed by atoms with van der Waals surface area (Å²) in [6.45, 7) is 5.76. The second-order valence-corrected chi connectivity index (χ2v) is 5.86. The molecule has 1 spiro atoms. The van der Waals surface area contributed by atoms with E-state index in [1.54, 1.807) is 4.90 Å². The maximum Gasteiger partial charge on any atom is 0.411 e. The molecule has 0 unspecified atom stereocenters. The number of carbonyl (C=O) groups is 2. The topological polar surface area (TPSA) is 46.6 Å². The minimum Gasteiger partial charge on any atom is -0.444 e. The van der Waals surface area contributed by atoms with Crippen molar-refractivity contribution in [3.8, 4) is 0 Å². The summed E-state index contributed by atoms with van der Waals surface area (Å²) in [7, 11) is 0. The first-order valence-corrected chi connectivity index (χ1v) is 5.85. The normalized spacial score (nSPS) is 23.4. The molecule has 2 fully saturated rings. The number of hydrogen-bond acceptors (Lipinski definition) is 3. The van der Waals surface area contributed by atoms with Crippen LogP contribution in [-0.2, 0) is 9.53 Å². The highest BCUT2D eigenvalue weighted by atomic mass is 16.6. The Morgan fingerprint density at radius 3 is 2.44 bits per heavy atom. The van der Waals surface area contributed by atoms with E-state index in [1.807, 2.05) is 20.8 Å². The third-order valence-corrected chi connectivity index (χ3v) is 3.33. The summed E-state index contributed by atoms with van der Waals surface area (Å²) in [4.78, 5) is 25.1. The highest BCUT2D eigenvalue weighted by molar-refractivity contribution is 5.89. The molecule has 0 atom stereocenters. The lowest BCUT2D eigenvalue weighted by Gasteiger charge is -2.44. The van der Waals surface area contributed by atoms with Gasteiger partial charge in [-0.1, -0.05) is 0 Å². The molecule has 0 aromatic carbocycles. The first-order valence-electron chi connectivity index (χ1n) is 5.85. The average molecular weight is 225 g/mol. The summed E-state index contributed by atoms with van der Waals surface area (Å²) in [5, 5.41) is 0. The third kappa shape index (κ3) is 1.93. The van der Waals surface area contributed by atoms with Gasteiger partial charge in [0, 0.05) is 6.42 Å². The highest BCUT2D eigenvalue weighted by Gasteiger charge is 2.52. The Hall–Kier alpha value is -1.06. The first kappa shape index (κ1) is 11.4. The van der Waals surface area contributed by atoms with Crippen LogP contribution in [0.25, 0.3) is 0 Å². The van der Waals surface area contributed by atoms with Crippen LogP contribution in [0.2, 0.25) is 0 Å². The summed E-state index contributed by atoms with van der Waals surface area (Å²) in [5.74, 6) is 0.158. The van der Waals surface area contributed by atoms with Gasteiger partial charge in [-0.05, 0) is 40.0 Å². The second kappa shape index (κ2) is 3.47. The van der Waals surface area contributed by atoms with Gasteiger partial charge in [0.05, 0.1) is 12.1 Å². The SMILES string of the molecule is CC(C)(C)OC(=O)N1CC(=O)CC12CCC2. The van der Waals surface area contributed by atoms with Crippen molar-refractivity contribution in [3.63, 3.8) is 0 Å². The lowest BCUT2D eigenvalue weighted by molar-refractivity contribution is -0.117. The molecule has 1 aliphatic carbocycles. The van der Waals surface area contributed by atoms with Crippen LogP contribution in [0.3, 0.4) is 0 Å². The predicted octanol–water partition coefficient (Wildman–Crippen LogP) is 2.12. The van der Waals surface area contributed by atoms with Crippen molar-refractivity contribution >= 4 is 11.9 Å². The van der Waals surface area contributed by atoms with E-state index in [1.165, 1.54) is 0 Å². The van der Waals surface area contributed by atoms with Gasteiger partial charge in [-0.25, -0.2) is 4.79 Å². The molecule has 1 amide bonds. The molecule has 1 heterocycles. The lowest BCUT2D eigenvalue weighted by Crippen LogP contribution is -2.53. The van der Waals surface area contributed by atoms with E-state index in [0.717, 1.165) is 19.3 Å². The molecule has 2 rings (SSSR count). The van der Waals surface area contributed by atoms with Gasteiger partial charge in [0.15, 0.2) is 5.78 Å². The number of rotatable bonds is 0. The van der Waals surface area contributed by atoms with E-state index >= 15 is 0 Å². The molecular formula is C12H19NO3. The number of nitrogens with zero attached hydrogens (tertiary/aromatic N) is 1. The Bertz CT molecular complexity index is 326. The molecule has 2 aliphatic rings. The summed E-state index contributed by atoms with van der Waals surface area (Å²) < 4.78 is 5.34. The molecule has 0 aromatic rings. The van der Waals surface area contributed by atoms with Crippen LogP contribution < -0.4 is 0 Å². The van der Waals surface area contributed by atoms with E-state index in [0.29, 0.717) is 6.42 Å². The van der Waals surface area contributed by atoms with Crippen molar-refractivity contribution in [2.75, 3.05) is 6.54 Å². The number of amides is 1. The fraction of sp³-hybridized carbons (Fsp3) is 0.833. The van der Waals surface area contributed by atoms with Gasteiger partial charge in [0.25, 0.3) is 0 Å². The van der Waals surface area contributed by atoms with Crippen molar-refractivity contribution in [1.82, 2.24) is 4.90 Å². The Morgan fingerprint density at radius 1 is 1.38 bits per heavy atom. The Morgan fingerprint density at radius 2 is 2.00 bits per heavy atom. The van der Waals surface area contributed by atoms with Crippen molar-refractivity contribution in [2.24, 2.45) is 0 Å². The molecule has 16 heavy (non-hydrogen) atoms. The quantitative estimate of drug-likeness (QED) is 0.634. The molecule has 0 aromatic heterocycles. The van der Waals surface area contributed by atoms with E-state index in [9.17, 15) is 9.59 Å². The predicted molar refractivity (Wildman–Crippen MR) is 59.1 cm³/mol. The highest BCUT2D eigenvalue weighted by Crippen LogP contribution is 2.44. The molecule has 0 bridgehead atoms. The van der Waals surface area contributed by atoms with Crippen molar-refractivity contribution < 1.29 is 14.3 Å². The molecule has 0 N–H and O–H groups in total. The van der Waals surface area contributed by atoms with Crippen LogP contribution in [0, 0.1) is 0 Å². The van der Waals surface area contributed by atoms with Gasteiger partial charge < -0.3 is 4.74 Å². The monoisotopic (exact) mass is 225 g/mol. The standard InChI is InChI=1S/C12H19NO3/c1-11(2,3)16-10(15)13-8-9(14)7-12(13)5-4-6-12/h4-8H2,1-3H3. The number of likely N-dealkylation sites (tertiary alicyclic amines) is 1. The maximum atomic E-state index is 12.0. The average Bonchev–Trinajstić information content (AvgIpc) is 2.39. The minimum atomic E-state index is -0.492. The van der Waals surface area contributed by atoms with Crippen molar-refractivity contribution in [1.29, 1.82) is 0 Å². The number of carbonyl (C=O) groups excluding carboxylic acids is 2. The largest absolute Gasteiger partial charge is 0.444 e. The Balaban J connectivity index is 2.08. The van der Waals surface area contributed by atoms with Gasteiger partial charge >= 0.3 is 6.09 Å². The fourth-order valence-electron chi connectivity index (χ4n) is 2.47. The first-order chi connectivity index (χ1) is 7.32. The molecule has 1 saturated heterocycles. The zero-order valence-electron chi connectivity index (χ0n) is 10.2. The third-order valence-electron chi connectivity index (χ3n) is 3.33. The van der Waals surface area contributed by atoms with Gasteiger partial charge in [-0.15, -0.1) is 0 Å². The molecule has 90 valence electrons. The number of ketones is 1. The fourth-order valence-corrected chi connectivity index (χ4v) is 2.47. The summed E-state index contributed by atoms with van der Waals surface area (Å²) in [6.07, 6.45) is 3.17. The minimum absolute atomic E-state index is 0.158. The molecule has 0 radical (unpaired) electrons. The maximum absolute atomic E-state index is 12.0. The summed E-state index contributed by atoms with van der Waals surface area (Å²) in [6, 6.07) is 0. The number of ether oxygens (including phenoxy) is 1. The van der Waals surface area contributed by atoms with E-state index in [2.05, 4.69) is 0 Å². The molecule has 1 saturated carbocycles. The Labute approximate surface area is 95.9 Å². The summed E-state index contributed by atoms with van der Waals surface area (Å²) >= 11 is 0. The molecule has 4 heteroatoms. The molecule has 4 nitrogen and oxygen atoms in total. The van der Waals surface area contributed by atoms with Gasteiger partial charge in [0.1, 0.15) is 5.60 Å². The van der Waals surface area contributed by atoms with Crippen LogP contribution in [0.15, 0.2) is 0 Å². The van der Waals surface area contributed by atoms with Crippen LogP contribution in [0.4, 0.5) is 4.79 Å². The Kier molecular flexibility index (Phi) is 2.48. The van der Waals surface area contributed by atoms with Crippen LogP contribution in [0.1, 0.15) is 46.5 Å². The van der Waals surface area contributed by atoms with Gasteiger partial charge in [-0.3, -0.25) is 9.69 Å². The smallest absolute Gasteiger partial charge is 0.411 e. The van der Waals surface area contributed by atoms with Crippen LogP contribution in [-0.4, -0.2) is 34.5 Å². The van der Waals surface area contributed by atoms with Crippen LogP contribution in [0.5, 0.6) is 0 Å². The van der Waals surface area contributed by atoms with E-state index in [-0.39, 0.29) is 24.0 Å². The van der Waals surface area contributed by atoms with Crippen molar-refractivity contribution in [3.05, 3.63) is 0 Å². The van der Waals surface area contributed by atoms with Crippen molar-refractivity contribution in [2.45, 2.75) is 57.6 Å². The molecule has 1 aliphatic heterocycles. The van der Waals surface area contributed by atoms with Gasteiger partial charge in [-0.2, -0.15) is 0 Å². The number of hydrogen-bond donors (Lipinski definition) is 0.